The molecule has 0 aliphatic rings. The van der Waals surface area contributed by atoms with E-state index in [1.54, 1.807) is 0 Å². The highest BCUT2D eigenvalue weighted by atomic mass is 35.5. The lowest BCUT2D eigenvalue weighted by Gasteiger charge is -2.09. The van der Waals surface area contributed by atoms with Crippen LogP contribution in [0.15, 0.2) is 18.2 Å². The molecule has 1 N–H and O–H groups in total. The van der Waals surface area contributed by atoms with E-state index in [1.807, 2.05) is 39.0 Å². The number of nitrogens with one attached hydrogen (secondary N) is 1. The first kappa shape index (κ1) is 13.5. The van der Waals surface area contributed by atoms with Crippen LogP contribution in [0, 0.1) is 13.8 Å². The minimum Gasteiger partial charge on any atom is -0.424 e. The summed E-state index contributed by atoms with van der Waals surface area (Å²) in [6.07, 6.45) is 0. The molecule has 2 rings (SSSR count). The van der Waals surface area contributed by atoms with Crippen LogP contribution in [0.5, 0.6) is 11.8 Å². The maximum absolute atomic E-state index is 5.83. The summed E-state index contributed by atoms with van der Waals surface area (Å²) in [5.41, 5.74) is 2.19. The molecular weight excluding hydrogens is 264 g/mol. The van der Waals surface area contributed by atoms with Crippen molar-refractivity contribution in [1.82, 2.24) is 15.0 Å². The zero-order chi connectivity index (χ0) is 13.8. The van der Waals surface area contributed by atoms with Crippen LogP contribution < -0.4 is 10.1 Å². The molecule has 0 aliphatic heterocycles. The Balaban J connectivity index is 2.27. The Morgan fingerprint density at radius 1 is 1.21 bits per heavy atom. The summed E-state index contributed by atoms with van der Waals surface area (Å²) in [5, 5.41) is 3.07. The third-order valence-electron chi connectivity index (χ3n) is 2.45. The Kier molecular flexibility index (Phi) is 4.16. The molecule has 1 aromatic heterocycles. The van der Waals surface area contributed by atoms with Crippen LogP contribution in [0.25, 0.3) is 0 Å². The molecule has 0 saturated carbocycles. The maximum atomic E-state index is 5.83. The number of anilines is 1. The Hall–Kier alpha value is -1.88. The van der Waals surface area contributed by atoms with Crippen molar-refractivity contribution in [3.8, 4) is 11.8 Å². The van der Waals surface area contributed by atoms with Crippen LogP contribution in [0.1, 0.15) is 18.1 Å². The van der Waals surface area contributed by atoms with Crippen LogP contribution >= 0.6 is 11.6 Å². The molecule has 2 aromatic rings. The van der Waals surface area contributed by atoms with Crippen molar-refractivity contribution in [3.05, 3.63) is 34.6 Å². The van der Waals surface area contributed by atoms with E-state index in [4.69, 9.17) is 16.3 Å². The molecule has 1 heterocycles. The number of ether oxygens (including phenoxy) is 1. The molecule has 0 fully saturated rings. The van der Waals surface area contributed by atoms with Crippen molar-refractivity contribution >= 4 is 17.5 Å². The summed E-state index contributed by atoms with van der Waals surface area (Å²) in [6.45, 7) is 6.64. The van der Waals surface area contributed by atoms with Crippen molar-refractivity contribution in [2.24, 2.45) is 0 Å². The minimum atomic E-state index is 0.103. The average molecular weight is 279 g/mol. The Morgan fingerprint density at radius 2 is 2.00 bits per heavy atom. The van der Waals surface area contributed by atoms with E-state index in [2.05, 4.69) is 20.3 Å². The Morgan fingerprint density at radius 3 is 2.68 bits per heavy atom. The van der Waals surface area contributed by atoms with Crippen molar-refractivity contribution in [3.63, 3.8) is 0 Å². The summed E-state index contributed by atoms with van der Waals surface area (Å²) in [6, 6.07) is 6.07. The highest BCUT2D eigenvalue weighted by molar-refractivity contribution is 6.28. The van der Waals surface area contributed by atoms with Crippen molar-refractivity contribution in [1.29, 1.82) is 0 Å². The van der Waals surface area contributed by atoms with Crippen LogP contribution in [0.2, 0.25) is 5.28 Å². The molecule has 19 heavy (non-hydrogen) atoms. The molecule has 6 heteroatoms. The van der Waals surface area contributed by atoms with E-state index in [0.717, 1.165) is 5.56 Å². The summed E-state index contributed by atoms with van der Waals surface area (Å²) >= 11 is 5.83. The van der Waals surface area contributed by atoms with Crippen molar-refractivity contribution < 1.29 is 4.74 Å². The third kappa shape index (κ3) is 3.54. The fourth-order valence-electron chi connectivity index (χ4n) is 1.63. The number of hydrogen-bond acceptors (Lipinski definition) is 5. The number of hydrogen-bond donors (Lipinski definition) is 1. The zero-order valence-electron chi connectivity index (χ0n) is 11.1. The fraction of sp³-hybridized carbons (Fsp3) is 0.308. The monoisotopic (exact) mass is 278 g/mol. The molecule has 0 unspecified atom stereocenters. The van der Waals surface area contributed by atoms with Gasteiger partial charge in [-0.1, -0.05) is 17.7 Å². The zero-order valence-corrected chi connectivity index (χ0v) is 11.8. The van der Waals surface area contributed by atoms with Crippen LogP contribution in [-0.4, -0.2) is 21.5 Å². The van der Waals surface area contributed by atoms with Gasteiger partial charge < -0.3 is 10.1 Å². The fourth-order valence-corrected chi connectivity index (χ4v) is 1.78. The number of rotatable bonds is 4. The molecule has 0 saturated heterocycles. The van der Waals surface area contributed by atoms with Crippen molar-refractivity contribution in [2.75, 3.05) is 11.9 Å². The molecule has 100 valence electrons. The molecule has 0 atom stereocenters. The predicted molar refractivity (Wildman–Crippen MR) is 75.0 cm³/mol. The first-order chi connectivity index (χ1) is 9.08. The summed E-state index contributed by atoms with van der Waals surface area (Å²) in [7, 11) is 0. The van der Waals surface area contributed by atoms with Gasteiger partial charge in [0.15, 0.2) is 0 Å². The van der Waals surface area contributed by atoms with Crippen LogP contribution in [0.4, 0.5) is 5.95 Å². The average Bonchev–Trinajstić information content (AvgIpc) is 2.32. The Bertz CT molecular complexity index is 589. The van der Waals surface area contributed by atoms with E-state index in [1.165, 1.54) is 5.56 Å². The lowest BCUT2D eigenvalue weighted by atomic mass is 10.1. The van der Waals surface area contributed by atoms with E-state index in [9.17, 15) is 0 Å². The van der Waals surface area contributed by atoms with Gasteiger partial charge in [0.2, 0.25) is 11.2 Å². The van der Waals surface area contributed by atoms with Gasteiger partial charge in [-0.3, -0.25) is 0 Å². The second kappa shape index (κ2) is 5.84. The highest BCUT2D eigenvalue weighted by Gasteiger charge is 2.08. The normalized spacial score (nSPS) is 10.3. The molecule has 0 spiro atoms. The van der Waals surface area contributed by atoms with Gasteiger partial charge in [0.25, 0.3) is 0 Å². The molecule has 0 aliphatic carbocycles. The van der Waals surface area contributed by atoms with Gasteiger partial charge in [-0.05, 0) is 44.0 Å². The topological polar surface area (TPSA) is 59.9 Å². The van der Waals surface area contributed by atoms with E-state index in [0.29, 0.717) is 18.2 Å². The van der Waals surface area contributed by atoms with Gasteiger partial charge in [-0.2, -0.15) is 15.0 Å². The number of nitrogens with zero attached hydrogens (tertiary/aromatic N) is 3. The predicted octanol–water partition coefficient (Wildman–Crippen LogP) is 3.37. The molecule has 0 radical (unpaired) electrons. The van der Waals surface area contributed by atoms with Crippen molar-refractivity contribution in [2.45, 2.75) is 20.8 Å². The molecular formula is C13H15ClN4O. The standard InChI is InChI=1S/C13H15ClN4O/c1-4-15-12-16-11(14)17-13(18-12)19-10-6-5-8(2)7-9(10)3/h5-7H,4H2,1-3H3,(H,15,16,17,18). The lowest BCUT2D eigenvalue weighted by Crippen LogP contribution is -2.05. The van der Waals surface area contributed by atoms with Gasteiger partial charge in [0.1, 0.15) is 5.75 Å². The molecule has 0 bridgehead atoms. The first-order valence-corrected chi connectivity index (χ1v) is 6.37. The highest BCUT2D eigenvalue weighted by Crippen LogP contribution is 2.24. The van der Waals surface area contributed by atoms with E-state index < -0.39 is 0 Å². The summed E-state index contributed by atoms with van der Waals surface area (Å²) in [5.74, 6) is 1.11. The van der Waals surface area contributed by atoms with Gasteiger partial charge in [0, 0.05) is 6.54 Å². The van der Waals surface area contributed by atoms with Gasteiger partial charge >= 0.3 is 6.01 Å². The first-order valence-electron chi connectivity index (χ1n) is 5.99. The SMILES string of the molecule is CCNc1nc(Cl)nc(Oc2ccc(C)cc2C)n1. The van der Waals surface area contributed by atoms with E-state index in [-0.39, 0.29) is 11.3 Å². The number of halogens is 1. The second-order valence-corrected chi connectivity index (χ2v) is 4.45. The molecule has 0 amide bonds. The minimum absolute atomic E-state index is 0.103. The van der Waals surface area contributed by atoms with E-state index >= 15 is 0 Å². The Labute approximate surface area is 117 Å². The second-order valence-electron chi connectivity index (χ2n) is 4.11. The quantitative estimate of drug-likeness (QED) is 0.929. The number of benzene rings is 1. The maximum Gasteiger partial charge on any atom is 0.328 e. The number of aromatic nitrogens is 3. The van der Waals surface area contributed by atoms with Gasteiger partial charge in [0.05, 0.1) is 0 Å². The van der Waals surface area contributed by atoms with Gasteiger partial charge in [-0.15, -0.1) is 0 Å². The number of aryl methyl sites for hydroxylation is 2. The lowest BCUT2D eigenvalue weighted by molar-refractivity contribution is 0.437. The van der Waals surface area contributed by atoms with Gasteiger partial charge in [-0.25, -0.2) is 0 Å². The third-order valence-corrected chi connectivity index (χ3v) is 2.62. The largest absolute Gasteiger partial charge is 0.424 e. The van der Waals surface area contributed by atoms with Crippen LogP contribution in [0.3, 0.4) is 0 Å². The molecule has 1 aromatic carbocycles. The smallest absolute Gasteiger partial charge is 0.328 e. The molecule has 5 nitrogen and oxygen atoms in total. The van der Waals surface area contributed by atoms with Crippen LogP contribution in [-0.2, 0) is 0 Å². The summed E-state index contributed by atoms with van der Waals surface area (Å²) in [4.78, 5) is 12.1. The summed E-state index contributed by atoms with van der Waals surface area (Å²) < 4.78 is 5.65.